The molecule has 0 bridgehead atoms. The predicted molar refractivity (Wildman–Crippen MR) is 57.4 cm³/mol. The van der Waals surface area contributed by atoms with Crippen LogP contribution in [0.15, 0.2) is 42.6 Å². The van der Waals surface area contributed by atoms with Crippen LogP contribution in [0.2, 0.25) is 0 Å². The Kier molecular flexibility index (Phi) is 3.11. The van der Waals surface area contributed by atoms with Gasteiger partial charge in [0.2, 0.25) is 0 Å². The molecule has 4 heteroatoms. The number of para-hydroxylation sites is 1. The molecule has 4 nitrogen and oxygen atoms in total. The lowest BCUT2D eigenvalue weighted by molar-refractivity contribution is 0.0857. The molecule has 0 atom stereocenters. The van der Waals surface area contributed by atoms with Gasteiger partial charge in [-0.25, -0.2) is 4.68 Å². The van der Waals surface area contributed by atoms with Gasteiger partial charge in [-0.05, 0) is 18.2 Å². The van der Waals surface area contributed by atoms with Crippen LogP contribution in [0.4, 0.5) is 0 Å². The normalized spacial score (nSPS) is 10.5. The second-order valence-corrected chi connectivity index (χ2v) is 3.11. The second kappa shape index (κ2) is 4.72. The topological polar surface area (TPSA) is 39.1 Å². The first-order chi connectivity index (χ1) is 7.40. The fourth-order valence-corrected chi connectivity index (χ4v) is 1.33. The van der Waals surface area contributed by atoms with Crippen LogP contribution < -0.4 is 5.48 Å². The maximum atomic E-state index is 4.76. The number of nitrogens with zero attached hydrogens (tertiary/aromatic N) is 2. The first-order valence-electron chi connectivity index (χ1n) is 4.76. The van der Waals surface area contributed by atoms with Gasteiger partial charge in [0.25, 0.3) is 0 Å². The maximum Gasteiger partial charge on any atom is 0.0790 e. The molecule has 2 aromatic rings. The van der Waals surface area contributed by atoms with Gasteiger partial charge in [-0.1, -0.05) is 18.2 Å². The van der Waals surface area contributed by atoms with E-state index in [4.69, 9.17) is 4.84 Å². The molecule has 0 radical (unpaired) electrons. The van der Waals surface area contributed by atoms with Crippen molar-refractivity contribution in [3.05, 3.63) is 48.3 Å². The van der Waals surface area contributed by atoms with Crippen LogP contribution in [-0.2, 0) is 11.4 Å². The largest absolute Gasteiger partial charge is 0.305 e. The lowest BCUT2D eigenvalue weighted by atomic mass is 10.3. The highest BCUT2D eigenvalue weighted by molar-refractivity contribution is 5.30. The third-order valence-corrected chi connectivity index (χ3v) is 2.06. The summed E-state index contributed by atoms with van der Waals surface area (Å²) in [5.74, 6) is 0. The van der Waals surface area contributed by atoms with Crippen molar-refractivity contribution in [1.29, 1.82) is 0 Å². The Morgan fingerprint density at radius 1 is 1.27 bits per heavy atom. The molecule has 0 aliphatic heterocycles. The third kappa shape index (κ3) is 2.43. The summed E-state index contributed by atoms with van der Waals surface area (Å²) in [6, 6.07) is 12.0. The van der Waals surface area contributed by atoms with Gasteiger partial charge in [0.05, 0.1) is 25.0 Å². The highest BCUT2D eigenvalue weighted by atomic mass is 16.6. The van der Waals surface area contributed by atoms with Crippen molar-refractivity contribution in [3.63, 3.8) is 0 Å². The summed E-state index contributed by atoms with van der Waals surface area (Å²) in [5.41, 5.74) is 4.76. The van der Waals surface area contributed by atoms with Gasteiger partial charge in [0.15, 0.2) is 0 Å². The van der Waals surface area contributed by atoms with Gasteiger partial charge >= 0.3 is 0 Å². The highest BCUT2D eigenvalue weighted by Gasteiger charge is 1.99. The third-order valence-electron chi connectivity index (χ3n) is 2.06. The SMILES string of the molecule is CONCc1ccn(-c2ccccc2)n1. The molecule has 0 unspecified atom stereocenters. The van der Waals surface area contributed by atoms with E-state index in [-0.39, 0.29) is 0 Å². The molecule has 1 N–H and O–H groups in total. The van der Waals surface area contributed by atoms with Crippen LogP contribution >= 0.6 is 0 Å². The van der Waals surface area contributed by atoms with Gasteiger partial charge in [-0.2, -0.15) is 10.6 Å². The quantitative estimate of drug-likeness (QED) is 0.766. The van der Waals surface area contributed by atoms with Crippen molar-refractivity contribution in [2.24, 2.45) is 0 Å². The number of benzene rings is 1. The van der Waals surface area contributed by atoms with E-state index in [2.05, 4.69) is 10.6 Å². The molecule has 0 aliphatic carbocycles. The fourth-order valence-electron chi connectivity index (χ4n) is 1.33. The average molecular weight is 203 g/mol. The Morgan fingerprint density at radius 2 is 2.07 bits per heavy atom. The van der Waals surface area contributed by atoms with Gasteiger partial charge in [0, 0.05) is 6.20 Å². The first-order valence-corrected chi connectivity index (χ1v) is 4.76. The standard InChI is InChI=1S/C11H13N3O/c1-15-12-9-10-7-8-14(13-10)11-5-3-2-4-6-11/h2-8,12H,9H2,1H3. The molecule has 1 aromatic carbocycles. The Bertz CT molecular complexity index is 411. The van der Waals surface area contributed by atoms with E-state index in [9.17, 15) is 0 Å². The van der Waals surface area contributed by atoms with Crippen LogP contribution in [0, 0.1) is 0 Å². The minimum atomic E-state index is 0.607. The molecule has 1 heterocycles. The molecular weight excluding hydrogens is 190 g/mol. The number of rotatable bonds is 4. The monoisotopic (exact) mass is 203 g/mol. The van der Waals surface area contributed by atoms with E-state index in [0.29, 0.717) is 6.54 Å². The van der Waals surface area contributed by atoms with Crippen molar-refractivity contribution in [2.75, 3.05) is 7.11 Å². The van der Waals surface area contributed by atoms with Gasteiger partial charge in [-0.3, -0.25) is 0 Å². The summed E-state index contributed by atoms with van der Waals surface area (Å²) in [6.07, 6.45) is 1.93. The number of hydrogen-bond donors (Lipinski definition) is 1. The maximum absolute atomic E-state index is 4.76. The number of hydrogen-bond acceptors (Lipinski definition) is 3. The minimum absolute atomic E-state index is 0.607. The summed E-state index contributed by atoms with van der Waals surface area (Å²) in [6.45, 7) is 0.607. The molecule has 0 amide bonds. The van der Waals surface area contributed by atoms with Gasteiger partial charge < -0.3 is 4.84 Å². The molecule has 0 fully saturated rings. The second-order valence-electron chi connectivity index (χ2n) is 3.11. The van der Waals surface area contributed by atoms with Gasteiger partial charge in [-0.15, -0.1) is 0 Å². The Morgan fingerprint density at radius 3 is 2.80 bits per heavy atom. The Hall–Kier alpha value is -1.65. The number of nitrogens with one attached hydrogen (secondary N) is 1. The molecule has 0 saturated carbocycles. The van der Waals surface area contributed by atoms with E-state index >= 15 is 0 Å². The molecule has 2 rings (SSSR count). The fraction of sp³-hybridized carbons (Fsp3) is 0.182. The summed E-state index contributed by atoms with van der Waals surface area (Å²) in [4.78, 5) is 4.76. The lowest BCUT2D eigenvalue weighted by Crippen LogP contribution is -2.11. The lowest BCUT2D eigenvalue weighted by Gasteiger charge is -2.00. The van der Waals surface area contributed by atoms with Crippen molar-refractivity contribution in [2.45, 2.75) is 6.54 Å². The summed E-state index contributed by atoms with van der Waals surface area (Å²) in [5, 5.41) is 4.39. The van der Waals surface area contributed by atoms with Crippen molar-refractivity contribution < 1.29 is 4.84 Å². The van der Waals surface area contributed by atoms with Crippen molar-refractivity contribution >= 4 is 0 Å². The zero-order chi connectivity index (χ0) is 10.5. The molecule has 78 valence electrons. The molecule has 0 aliphatic rings. The summed E-state index contributed by atoms with van der Waals surface area (Å²) < 4.78 is 1.84. The molecule has 1 aromatic heterocycles. The van der Waals surface area contributed by atoms with Crippen LogP contribution in [0.3, 0.4) is 0 Å². The average Bonchev–Trinajstić information content (AvgIpc) is 2.76. The highest BCUT2D eigenvalue weighted by Crippen LogP contribution is 2.06. The van der Waals surface area contributed by atoms with Crippen LogP contribution in [-0.4, -0.2) is 16.9 Å². The smallest absolute Gasteiger partial charge is 0.0790 e. The van der Waals surface area contributed by atoms with E-state index < -0.39 is 0 Å². The zero-order valence-electron chi connectivity index (χ0n) is 8.55. The Labute approximate surface area is 88.4 Å². The molecular formula is C11H13N3O. The Balaban J connectivity index is 2.14. The van der Waals surface area contributed by atoms with E-state index in [1.54, 1.807) is 7.11 Å². The predicted octanol–water partition coefficient (Wildman–Crippen LogP) is 1.52. The van der Waals surface area contributed by atoms with Crippen molar-refractivity contribution in [3.8, 4) is 5.69 Å². The van der Waals surface area contributed by atoms with E-state index in [1.165, 1.54) is 0 Å². The van der Waals surface area contributed by atoms with Crippen LogP contribution in [0.5, 0.6) is 0 Å². The van der Waals surface area contributed by atoms with Crippen LogP contribution in [0.25, 0.3) is 5.69 Å². The molecule has 15 heavy (non-hydrogen) atoms. The summed E-state index contributed by atoms with van der Waals surface area (Å²) in [7, 11) is 1.59. The van der Waals surface area contributed by atoms with E-state index in [1.807, 2.05) is 47.3 Å². The molecule has 0 spiro atoms. The minimum Gasteiger partial charge on any atom is -0.305 e. The van der Waals surface area contributed by atoms with Crippen LogP contribution in [0.1, 0.15) is 5.69 Å². The number of aromatic nitrogens is 2. The first kappa shape index (κ1) is 9.89. The summed E-state index contributed by atoms with van der Waals surface area (Å²) >= 11 is 0. The number of hydroxylamine groups is 1. The van der Waals surface area contributed by atoms with E-state index in [0.717, 1.165) is 11.4 Å². The zero-order valence-corrected chi connectivity index (χ0v) is 8.55. The molecule has 0 saturated heterocycles. The van der Waals surface area contributed by atoms with Crippen molar-refractivity contribution in [1.82, 2.24) is 15.3 Å². The van der Waals surface area contributed by atoms with Gasteiger partial charge in [0.1, 0.15) is 0 Å².